The van der Waals surface area contributed by atoms with Gasteiger partial charge in [0.05, 0.1) is 17.1 Å². The SMILES string of the molecule is CC(C)c1cccc2c(C(=O)O)c3c(nc12)C(c1ccccc1)C(C)O3. The van der Waals surface area contributed by atoms with E-state index >= 15 is 0 Å². The summed E-state index contributed by atoms with van der Waals surface area (Å²) < 4.78 is 6.03. The summed E-state index contributed by atoms with van der Waals surface area (Å²) in [7, 11) is 0. The van der Waals surface area contributed by atoms with Crippen molar-refractivity contribution in [2.24, 2.45) is 0 Å². The van der Waals surface area contributed by atoms with Crippen LogP contribution in [0.15, 0.2) is 48.5 Å². The molecule has 1 aliphatic heterocycles. The average molecular weight is 347 g/mol. The van der Waals surface area contributed by atoms with E-state index in [1.54, 1.807) is 0 Å². The molecule has 2 atom stereocenters. The third-order valence-electron chi connectivity index (χ3n) is 5.09. The second-order valence-corrected chi connectivity index (χ2v) is 7.12. The van der Waals surface area contributed by atoms with Crippen molar-refractivity contribution in [3.05, 3.63) is 70.9 Å². The molecular formula is C22H21NO3. The molecule has 1 N–H and O–H groups in total. The predicted octanol–water partition coefficient (Wildman–Crippen LogP) is 4.97. The van der Waals surface area contributed by atoms with Crippen molar-refractivity contribution >= 4 is 16.9 Å². The van der Waals surface area contributed by atoms with Gasteiger partial charge in [0, 0.05) is 5.39 Å². The van der Waals surface area contributed by atoms with Gasteiger partial charge in [-0.25, -0.2) is 9.78 Å². The molecule has 2 aromatic carbocycles. The third kappa shape index (κ3) is 2.45. The van der Waals surface area contributed by atoms with Crippen LogP contribution in [-0.2, 0) is 0 Å². The predicted molar refractivity (Wildman–Crippen MR) is 101 cm³/mol. The molecule has 0 aliphatic carbocycles. The van der Waals surface area contributed by atoms with Crippen molar-refractivity contribution in [3.63, 3.8) is 0 Å². The Kier molecular flexibility index (Phi) is 3.91. The average Bonchev–Trinajstić information content (AvgIpc) is 2.94. The number of carboxylic acid groups (broad SMARTS) is 1. The number of hydrogen-bond donors (Lipinski definition) is 1. The Labute approximate surface area is 152 Å². The summed E-state index contributed by atoms with van der Waals surface area (Å²) in [6.45, 7) is 6.16. The topological polar surface area (TPSA) is 59.4 Å². The van der Waals surface area contributed by atoms with Gasteiger partial charge in [-0.3, -0.25) is 0 Å². The number of fused-ring (bicyclic) bond motifs is 2. The molecular weight excluding hydrogens is 326 g/mol. The minimum Gasteiger partial charge on any atom is -0.487 e. The van der Waals surface area contributed by atoms with E-state index in [0.717, 1.165) is 22.3 Å². The van der Waals surface area contributed by atoms with Crippen molar-refractivity contribution in [1.82, 2.24) is 4.98 Å². The van der Waals surface area contributed by atoms with E-state index in [0.29, 0.717) is 11.1 Å². The number of aromatic nitrogens is 1. The number of carbonyl (C=O) groups is 1. The Morgan fingerprint density at radius 3 is 2.50 bits per heavy atom. The molecule has 0 fully saturated rings. The van der Waals surface area contributed by atoms with Crippen LogP contribution in [0.5, 0.6) is 5.75 Å². The highest BCUT2D eigenvalue weighted by atomic mass is 16.5. The van der Waals surface area contributed by atoms with Crippen molar-refractivity contribution in [3.8, 4) is 5.75 Å². The van der Waals surface area contributed by atoms with Crippen molar-refractivity contribution in [1.29, 1.82) is 0 Å². The van der Waals surface area contributed by atoms with Gasteiger partial charge < -0.3 is 9.84 Å². The first-order valence-electron chi connectivity index (χ1n) is 8.90. The van der Waals surface area contributed by atoms with E-state index in [1.807, 2.05) is 55.5 Å². The minimum atomic E-state index is -0.976. The summed E-state index contributed by atoms with van der Waals surface area (Å²) in [5, 5.41) is 10.6. The van der Waals surface area contributed by atoms with Gasteiger partial charge in [-0.1, -0.05) is 62.4 Å². The maximum atomic E-state index is 12.1. The van der Waals surface area contributed by atoms with Crippen molar-refractivity contribution in [2.75, 3.05) is 0 Å². The van der Waals surface area contributed by atoms with Gasteiger partial charge in [0.1, 0.15) is 11.7 Å². The Bertz CT molecular complexity index is 995. The molecule has 0 bridgehead atoms. The lowest BCUT2D eigenvalue weighted by molar-refractivity contribution is 0.0694. The smallest absolute Gasteiger partial charge is 0.340 e. The first kappa shape index (κ1) is 16.6. The number of pyridine rings is 1. The second kappa shape index (κ2) is 6.13. The molecule has 132 valence electrons. The number of benzene rings is 2. The Balaban J connectivity index is 2.06. The van der Waals surface area contributed by atoms with Crippen molar-refractivity contribution in [2.45, 2.75) is 38.7 Å². The van der Waals surface area contributed by atoms with Gasteiger partial charge in [0.15, 0.2) is 5.75 Å². The van der Waals surface area contributed by atoms with Gasteiger partial charge in [-0.2, -0.15) is 0 Å². The van der Waals surface area contributed by atoms with Crippen LogP contribution in [0.3, 0.4) is 0 Å². The maximum Gasteiger partial charge on any atom is 0.340 e. The normalized spacial score (nSPS) is 18.8. The van der Waals surface area contributed by atoms with Crippen LogP contribution in [0, 0.1) is 0 Å². The van der Waals surface area contributed by atoms with Crippen LogP contribution in [0.4, 0.5) is 0 Å². The molecule has 2 unspecified atom stereocenters. The fraction of sp³-hybridized carbons (Fsp3) is 0.273. The molecule has 26 heavy (non-hydrogen) atoms. The van der Waals surface area contributed by atoms with Crippen LogP contribution in [0.2, 0.25) is 0 Å². The summed E-state index contributed by atoms with van der Waals surface area (Å²) in [4.78, 5) is 17.0. The Morgan fingerprint density at radius 2 is 1.85 bits per heavy atom. The first-order valence-corrected chi connectivity index (χ1v) is 8.90. The van der Waals surface area contributed by atoms with Crippen LogP contribution in [0.1, 0.15) is 59.8 Å². The molecule has 4 nitrogen and oxygen atoms in total. The van der Waals surface area contributed by atoms with E-state index in [9.17, 15) is 9.90 Å². The van der Waals surface area contributed by atoms with E-state index in [2.05, 4.69) is 13.8 Å². The van der Waals surface area contributed by atoms with E-state index in [4.69, 9.17) is 9.72 Å². The minimum absolute atomic E-state index is 0.0751. The number of para-hydroxylation sites is 1. The molecule has 0 saturated heterocycles. The number of carboxylic acids is 1. The zero-order valence-corrected chi connectivity index (χ0v) is 15.1. The van der Waals surface area contributed by atoms with Crippen LogP contribution in [0.25, 0.3) is 10.9 Å². The lowest BCUT2D eigenvalue weighted by Gasteiger charge is -2.15. The number of rotatable bonds is 3. The Morgan fingerprint density at radius 1 is 1.12 bits per heavy atom. The van der Waals surface area contributed by atoms with E-state index < -0.39 is 5.97 Å². The summed E-state index contributed by atoms with van der Waals surface area (Å²) in [6.07, 6.45) is -0.169. The summed E-state index contributed by atoms with van der Waals surface area (Å²) in [5.41, 5.74) is 3.85. The van der Waals surface area contributed by atoms with Gasteiger partial charge in [-0.15, -0.1) is 0 Å². The lowest BCUT2D eigenvalue weighted by Crippen LogP contribution is -2.15. The molecule has 1 aromatic heterocycles. The molecule has 1 aliphatic rings. The highest BCUT2D eigenvalue weighted by molar-refractivity contribution is 6.06. The quantitative estimate of drug-likeness (QED) is 0.727. The monoisotopic (exact) mass is 347 g/mol. The lowest BCUT2D eigenvalue weighted by atomic mass is 9.90. The van der Waals surface area contributed by atoms with Gasteiger partial charge >= 0.3 is 5.97 Å². The highest BCUT2D eigenvalue weighted by Gasteiger charge is 2.38. The third-order valence-corrected chi connectivity index (χ3v) is 5.09. The number of hydrogen-bond acceptors (Lipinski definition) is 3. The fourth-order valence-corrected chi connectivity index (χ4v) is 3.88. The molecule has 4 rings (SSSR count). The Hall–Kier alpha value is -2.88. The zero-order chi connectivity index (χ0) is 18.4. The van der Waals surface area contributed by atoms with E-state index in [-0.39, 0.29) is 23.5 Å². The van der Waals surface area contributed by atoms with Crippen LogP contribution >= 0.6 is 0 Å². The number of nitrogens with zero attached hydrogens (tertiary/aromatic N) is 1. The highest BCUT2D eigenvalue weighted by Crippen LogP contribution is 2.46. The number of aromatic carboxylic acids is 1. The standard InChI is InChI=1S/C22H21NO3/c1-12(2)15-10-7-11-16-18(22(24)25)21-20(23-19(15)16)17(13(3)26-21)14-8-5-4-6-9-14/h4-13,17H,1-3H3,(H,24,25). The fourth-order valence-electron chi connectivity index (χ4n) is 3.88. The largest absolute Gasteiger partial charge is 0.487 e. The molecule has 0 spiro atoms. The molecule has 0 radical (unpaired) electrons. The molecule has 3 aromatic rings. The van der Waals surface area contributed by atoms with Crippen LogP contribution in [-0.4, -0.2) is 22.2 Å². The van der Waals surface area contributed by atoms with Gasteiger partial charge in [0.25, 0.3) is 0 Å². The zero-order valence-electron chi connectivity index (χ0n) is 15.1. The number of ether oxygens (including phenoxy) is 1. The summed E-state index contributed by atoms with van der Waals surface area (Å²) >= 11 is 0. The van der Waals surface area contributed by atoms with Gasteiger partial charge in [-0.05, 0) is 24.0 Å². The molecule has 4 heteroatoms. The van der Waals surface area contributed by atoms with Gasteiger partial charge in [0.2, 0.25) is 0 Å². The summed E-state index contributed by atoms with van der Waals surface area (Å²) in [5.74, 6) is -0.391. The first-order chi connectivity index (χ1) is 12.5. The maximum absolute atomic E-state index is 12.1. The molecule has 2 heterocycles. The second-order valence-electron chi connectivity index (χ2n) is 7.12. The van der Waals surface area contributed by atoms with Crippen molar-refractivity contribution < 1.29 is 14.6 Å². The summed E-state index contributed by atoms with van der Waals surface area (Å²) in [6, 6.07) is 15.8. The molecule has 0 saturated carbocycles. The van der Waals surface area contributed by atoms with E-state index in [1.165, 1.54) is 0 Å². The molecule has 0 amide bonds. The van der Waals surface area contributed by atoms with Crippen LogP contribution < -0.4 is 4.74 Å².